The second-order valence-corrected chi connectivity index (χ2v) is 5.62. The lowest BCUT2D eigenvalue weighted by Gasteiger charge is -2.26. The van der Waals surface area contributed by atoms with Gasteiger partial charge in [0.15, 0.2) is 5.96 Å². The summed E-state index contributed by atoms with van der Waals surface area (Å²) in [4.78, 5) is 16.0. The average Bonchev–Trinajstić information content (AvgIpc) is 2.25. The van der Waals surface area contributed by atoms with Crippen LogP contribution < -0.4 is 16.4 Å². The lowest BCUT2D eigenvalue weighted by molar-refractivity contribution is -0.128. The van der Waals surface area contributed by atoms with Crippen LogP contribution >= 0.6 is 24.0 Å². The minimum Gasteiger partial charge on any atom is -0.370 e. The Bertz CT molecular complexity index is 314. The van der Waals surface area contributed by atoms with Crippen molar-refractivity contribution >= 4 is 35.8 Å². The van der Waals surface area contributed by atoms with Crippen molar-refractivity contribution in [1.29, 1.82) is 0 Å². The van der Waals surface area contributed by atoms with Gasteiger partial charge in [0.1, 0.15) is 0 Å². The van der Waals surface area contributed by atoms with E-state index < -0.39 is 5.41 Å². The molecule has 4 N–H and O–H groups in total. The molecule has 0 bridgehead atoms. The van der Waals surface area contributed by atoms with Crippen molar-refractivity contribution in [3.63, 3.8) is 0 Å². The van der Waals surface area contributed by atoms with Gasteiger partial charge in [0, 0.05) is 13.1 Å². The fourth-order valence-electron chi connectivity index (χ4n) is 1.76. The van der Waals surface area contributed by atoms with Gasteiger partial charge < -0.3 is 16.4 Å². The number of nitrogens with one attached hydrogen (secondary N) is 2. The first-order valence-corrected chi connectivity index (χ1v) is 6.78. The number of rotatable bonds is 6. The van der Waals surface area contributed by atoms with Gasteiger partial charge in [0.2, 0.25) is 5.91 Å². The topological polar surface area (TPSA) is 79.5 Å². The molecule has 1 fully saturated rings. The summed E-state index contributed by atoms with van der Waals surface area (Å²) in [6.07, 6.45) is 3.89. The van der Waals surface area contributed by atoms with Crippen LogP contribution in [-0.4, -0.2) is 31.5 Å². The molecule has 0 radical (unpaired) electrons. The maximum atomic E-state index is 11.8. The molecule has 1 rings (SSSR count). The van der Waals surface area contributed by atoms with Crippen molar-refractivity contribution in [2.45, 2.75) is 40.0 Å². The molecule has 0 aromatic carbocycles. The number of hydrogen-bond acceptors (Lipinski definition) is 2. The molecule has 19 heavy (non-hydrogen) atoms. The van der Waals surface area contributed by atoms with E-state index in [-0.39, 0.29) is 29.9 Å². The first-order valence-electron chi connectivity index (χ1n) is 6.78. The highest BCUT2D eigenvalue weighted by molar-refractivity contribution is 14.0. The summed E-state index contributed by atoms with van der Waals surface area (Å²) in [5, 5.41) is 5.93. The van der Waals surface area contributed by atoms with Crippen molar-refractivity contribution in [1.82, 2.24) is 10.6 Å². The Hall–Kier alpha value is -0.530. The molecule has 0 spiro atoms. The van der Waals surface area contributed by atoms with Crippen molar-refractivity contribution in [2.24, 2.45) is 22.1 Å². The molecule has 0 aliphatic heterocycles. The summed E-state index contributed by atoms with van der Waals surface area (Å²) in [5.74, 6) is 1.20. The smallest absolute Gasteiger partial charge is 0.227 e. The maximum absolute atomic E-state index is 11.8. The van der Waals surface area contributed by atoms with Crippen LogP contribution in [0, 0.1) is 11.3 Å². The van der Waals surface area contributed by atoms with Crippen LogP contribution in [0.2, 0.25) is 0 Å². The lowest BCUT2D eigenvalue weighted by atomic mass is 9.85. The molecule has 0 aromatic rings. The van der Waals surface area contributed by atoms with E-state index in [9.17, 15) is 4.79 Å². The second-order valence-electron chi connectivity index (χ2n) is 5.62. The number of guanidine groups is 1. The zero-order chi connectivity index (χ0) is 13.6. The summed E-state index contributed by atoms with van der Waals surface area (Å²) in [6, 6.07) is 0. The zero-order valence-corrected chi connectivity index (χ0v) is 14.5. The van der Waals surface area contributed by atoms with Gasteiger partial charge in [0.05, 0.1) is 12.0 Å². The van der Waals surface area contributed by atoms with Gasteiger partial charge in [-0.2, -0.15) is 0 Å². The first-order chi connectivity index (χ1) is 8.45. The number of nitrogens with zero attached hydrogens (tertiary/aromatic N) is 1. The highest BCUT2D eigenvalue weighted by Gasteiger charge is 2.26. The molecule has 0 unspecified atom stereocenters. The van der Waals surface area contributed by atoms with Crippen molar-refractivity contribution < 1.29 is 4.79 Å². The quantitative estimate of drug-likeness (QED) is 0.370. The molecule has 0 saturated heterocycles. The summed E-state index contributed by atoms with van der Waals surface area (Å²) in [6.45, 7) is 7.60. The van der Waals surface area contributed by atoms with E-state index in [1.54, 1.807) is 0 Å². The van der Waals surface area contributed by atoms with Crippen LogP contribution in [0.3, 0.4) is 0 Å². The third kappa shape index (κ3) is 6.44. The molecule has 5 nitrogen and oxygen atoms in total. The van der Waals surface area contributed by atoms with Crippen LogP contribution in [0.15, 0.2) is 4.99 Å². The second kappa shape index (κ2) is 8.60. The van der Waals surface area contributed by atoms with Crippen LogP contribution in [0.25, 0.3) is 0 Å². The van der Waals surface area contributed by atoms with Gasteiger partial charge >= 0.3 is 0 Å². The average molecular weight is 382 g/mol. The third-order valence-electron chi connectivity index (χ3n) is 3.39. The monoisotopic (exact) mass is 382 g/mol. The Labute approximate surface area is 133 Å². The van der Waals surface area contributed by atoms with Gasteiger partial charge in [-0.15, -0.1) is 24.0 Å². The fraction of sp³-hybridized carbons (Fsp3) is 0.846. The predicted octanol–water partition coefficient (Wildman–Crippen LogP) is 1.47. The molecule has 6 heteroatoms. The number of nitrogens with two attached hydrogens (primary N) is 1. The van der Waals surface area contributed by atoms with Crippen molar-refractivity contribution in [3.8, 4) is 0 Å². The van der Waals surface area contributed by atoms with Crippen LogP contribution in [0.5, 0.6) is 0 Å². The van der Waals surface area contributed by atoms with E-state index in [4.69, 9.17) is 5.73 Å². The number of amides is 1. The predicted molar refractivity (Wildman–Crippen MR) is 89.7 cm³/mol. The summed E-state index contributed by atoms with van der Waals surface area (Å²) in [5.41, 5.74) is 5.27. The van der Waals surface area contributed by atoms with Gasteiger partial charge in [-0.05, 0) is 39.5 Å². The molecule has 1 aliphatic rings. The van der Waals surface area contributed by atoms with E-state index in [1.807, 2.05) is 20.8 Å². The molecule has 1 amide bonds. The molecule has 1 aliphatic carbocycles. The maximum Gasteiger partial charge on any atom is 0.227 e. The Morgan fingerprint density at radius 1 is 1.37 bits per heavy atom. The van der Waals surface area contributed by atoms with Gasteiger partial charge in [0.25, 0.3) is 0 Å². The fourth-order valence-corrected chi connectivity index (χ4v) is 1.76. The molecule has 0 aromatic heterocycles. The highest BCUT2D eigenvalue weighted by atomic mass is 127. The minimum absolute atomic E-state index is 0. The minimum atomic E-state index is -0.515. The van der Waals surface area contributed by atoms with E-state index in [2.05, 4.69) is 15.6 Å². The van der Waals surface area contributed by atoms with E-state index in [0.717, 1.165) is 12.5 Å². The summed E-state index contributed by atoms with van der Waals surface area (Å²) in [7, 11) is 0. The van der Waals surface area contributed by atoms with Crippen LogP contribution in [-0.2, 0) is 4.79 Å². The SMILES string of the molecule is CCNC(=O)C(C)(C)CN=C(N)NCC1CCC1.I. The Kier molecular flexibility index (Phi) is 8.36. The summed E-state index contributed by atoms with van der Waals surface area (Å²) < 4.78 is 0. The van der Waals surface area contributed by atoms with Crippen molar-refractivity contribution in [3.05, 3.63) is 0 Å². The Morgan fingerprint density at radius 3 is 2.47 bits per heavy atom. The van der Waals surface area contributed by atoms with Gasteiger partial charge in [-0.1, -0.05) is 6.42 Å². The molecule has 0 atom stereocenters. The first kappa shape index (κ1) is 18.5. The van der Waals surface area contributed by atoms with Crippen LogP contribution in [0.4, 0.5) is 0 Å². The number of hydrogen-bond donors (Lipinski definition) is 3. The van der Waals surface area contributed by atoms with Crippen LogP contribution in [0.1, 0.15) is 40.0 Å². The summed E-state index contributed by atoms with van der Waals surface area (Å²) >= 11 is 0. The molecule has 1 saturated carbocycles. The number of carbonyl (C=O) groups is 1. The number of carbonyl (C=O) groups excluding carboxylic acids is 1. The molecule has 112 valence electrons. The van der Waals surface area contributed by atoms with Gasteiger partial charge in [-0.3, -0.25) is 9.79 Å². The third-order valence-corrected chi connectivity index (χ3v) is 3.39. The van der Waals surface area contributed by atoms with E-state index in [0.29, 0.717) is 19.0 Å². The normalized spacial score (nSPS) is 16.3. The van der Waals surface area contributed by atoms with E-state index >= 15 is 0 Å². The molecule has 0 heterocycles. The number of aliphatic imine (C=N–C) groups is 1. The molecular formula is C13H27IN4O. The lowest BCUT2D eigenvalue weighted by Crippen LogP contribution is -2.41. The number of halogens is 1. The zero-order valence-electron chi connectivity index (χ0n) is 12.2. The standard InChI is InChI=1S/C13H26N4O.HI/c1-4-15-11(18)13(2,3)9-17-12(14)16-8-10-6-5-7-10;/h10H,4-9H2,1-3H3,(H,15,18)(H3,14,16,17);1H. The highest BCUT2D eigenvalue weighted by Crippen LogP contribution is 2.25. The van der Waals surface area contributed by atoms with Gasteiger partial charge in [-0.25, -0.2) is 0 Å². The van der Waals surface area contributed by atoms with E-state index in [1.165, 1.54) is 19.3 Å². The van der Waals surface area contributed by atoms with Crippen molar-refractivity contribution in [2.75, 3.05) is 19.6 Å². The molecular weight excluding hydrogens is 355 g/mol. The Balaban J connectivity index is 0.00000324. The largest absolute Gasteiger partial charge is 0.370 e. The Morgan fingerprint density at radius 2 is 2.00 bits per heavy atom.